The lowest BCUT2D eigenvalue weighted by Crippen LogP contribution is -2.45. The van der Waals surface area contributed by atoms with Crippen molar-refractivity contribution in [1.29, 1.82) is 0 Å². The maximum Gasteiger partial charge on any atom is 0.338 e. The van der Waals surface area contributed by atoms with Crippen LogP contribution in [0, 0.1) is 0 Å². The normalized spacial score (nSPS) is 15.6. The van der Waals surface area contributed by atoms with Gasteiger partial charge in [-0.25, -0.2) is 4.79 Å². The number of pyridine rings is 1. The summed E-state index contributed by atoms with van der Waals surface area (Å²) in [6.45, 7) is 0. The van der Waals surface area contributed by atoms with Crippen molar-refractivity contribution in [2.24, 2.45) is 0 Å². The van der Waals surface area contributed by atoms with E-state index in [2.05, 4.69) is 4.98 Å². The number of rotatable bonds is 4. The Kier molecular flexibility index (Phi) is 4.90. The Labute approximate surface area is 172 Å². The Bertz CT molecular complexity index is 1020. The highest BCUT2D eigenvalue weighted by Crippen LogP contribution is 2.44. The van der Waals surface area contributed by atoms with Gasteiger partial charge in [-0.3, -0.25) is 14.6 Å². The molecule has 0 bridgehead atoms. The molecule has 4 rings (SSSR count). The first-order valence-electron chi connectivity index (χ1n) is 8.92. The second kappa shape index (κ2) is 7.52. The molecule has 3 aromatic rings. The lowest BCUT2D eigenvalue weighted by Gasteiger charge is -2.33. The van der Waals surface area contributed by atoms with Gasteiger partial charge in [-0.15, -0.1) is 0 Å². The number of amides is 3. The average molecular weight is 403 g/mol. The van der Waals surface area contributed by atoms with Gasteiger partial charge in [0.25, 0.3) is 5.91 Å². The molecule has 1 aliphatic heterocycles. The van der Waals surface area contributed by atoms with E-state index in [0.29, 0.717) is 28.6 Å². The van der Waals surface area contributed by atoms with Crippen molar-refractivity contribution < 1.29 is 14.4 Å². The molecule has 7 heteroatoms. The molecule has 1 aliphatic rings. The molecule has 6 nitrogen and oxygen atoms in total. The first-order chi connectivity index (χ1) is 14.1. The van der Waals surface area contributed by atoms with E-state index in [0.717, 1.165) is 4.31 Å². The van der Waals surface area contributed by atoms with Gasteiger partial charge >= 0.3 is 6.03 Å². The van der Waals surface area contributed by atoms with Crippen LogP contribution >= 0.6 is 11.9 Å². The fourth-order valence-electron chi connectivity index (χ4n) is 3.52. The summed E-state index contributed by atoms with van der Waals surface area (Å²) in [6.07, 6.45) is 2.96. The smallest absolute Gasteiger partial charge is 0.304 e. The molecule has 2 aromatic carbocycles. The van der Waals surface area contributed by atoms with E-state index in [1.165, 1.54) is 11.1 Å². The molecule has 1 saturated heterocycles. The zero-order valence-electron chi connectivity index (χ0n) is 15.6. The number of aromatic nitrogens is 1. The quantitative estimate of drug-likeness (QED) is 0.491. The van der Waals surface area contributed by atoms with Crippen LogP contribution in [0.2, 0.25) is 0 Å². The third-order valence-electron chi connectivity index (χ3n) is 4.91. The maximum absolute atomic E-state index is 13.7. The van der Waals surface area contributed by atoms with Gasteiger partial charge < -0.3 is 4.90 Å². The van der Waals surface area contributed by atoms with Crippen LogP contribution in [0.1, 0.15) is 21.5 Å². The summed E-state index contributed by atoms with van der Waals surface area (Å²) in [4.78, 5) is 44.7. The third kappa shape index (κ3) is 3.00. The van der Waals surface area contributed by atoms with Gasteiger partial charge in [0.2, 0.25) is 5.12 Å². The first-order valence-corrected chi connectivity index (χ1v) is 9.70. The van der Waals surface area contributed by atoms with E-state index in [1.54, 1.807) is 25.4 Å². The van der Waals surface area contributed by atoms with Gasteiger partial charge in [0.15, 0.2) is 5.54 Å². The average Bonchev–Trinajstić information content (AvgIpc) is 2.96. The van der Waals surface area contributed by atoms with Crippen LogP contribution < -0.4 is 0 Å². The number of nitrogens with zero attached hydrogens (tertiary/aromatic N) is 3. The molecule has 0 radical (unpaired) electrons. The van der Waals surface area contributed by atoms with Crippen molar-refractivity contribution >= 4 is 29.0 Å². The zero-order chi connectivity index (χ0) is 20.4. The Balaban J connectivity index is 1.80. The SMILES string of the molecule is CN1C(=O)N(SC(=O)c2cccnc2)C(=O)C1(c1ccccc1)c1ccccc1. The third-order valence-corrected chi connectivity index (χ3v) is 5.82. The summed E-state index contributed by atoms with van der Waals surface area (Å²) in [5, 5.41) is -0.426. The van der Waals surface area contributed by atoms with Crippen LogP contribution in [0.3, 0.4) is 0 Å². The Hall–Kier alpha value is -3.45. The second-order valence-corrected chi connectivity index (χ2v) is 7.42. The van der Waals surface area contributed by atoms with Crippen molar-refractivity contribution in [1.82, 2.24) is 14.2 Å². The molecule has 29 heavy (non-hydrogen) atoms. The molecule has 2 heterocycles. The maximum atomic E-state index is 13.7. The minimum Gasteiger partial charge on any atom is -0.304 e. The van der Waals surface area contributed by atoms with Crippen LogP contribution in [-0.4, -0.2) is 38.3 Å². The minimum atomic E-state index is -1.35. The monoisotopic (exact) mass is 403 g/mol. The summed E-state index contributed by atoms with van der Waals surface area (Å²) in [7, 11) is 1.58. The molecule has 0 saturated carbocycles. The van der Waals surface area contributed by atoms with Crippen molar-refractivity contribution in [3.05, 3.63) is 102 Å². The number of hydrogen-bond donors (Lipinski definition) is 0. The number of hydrogen-bond acceptors (Lipinski definition) is 5. The Morgan fingerprint density at radius 3 is 2.00 bits per heavy atom. The van der Waals surface area contributed by atoms with Crippen LogP contribution in [0.15, 0.2) is 85.2 Å². The van der Waals surface area contributed by atoms with E-state index in [1.807, 2.05) is 60.7 Å². The highest BCUT2D eigenvalue weighted by atomic mass is 32.2. The van der Waals surface area contributed by atoms with Crippen LogP contribution in [0.25, 0.3) is 0 Å². The predicted octanol–water partition coefficient (Wildman–Crippen LogP) is 3.71. The largest absolute Gasteiger partial charge is 0.338 e. The number of urea groups is 1. The van der Waals surface area contributed by atoms with Gasteiger partial charge in [-0.2, -0.15) is 4.31 Å². The van der Waals surface area contributed by atoms with E-state index < -0.39 is 22.6 Å². The van der Waals surface area contributed by atoms with E-state index in [-0.39, 0.29) is 0 Å². The lowest BCUT2D eigenvalue weighted by atomic mass is 9.82. The Morgan fingerprint density at radius 1 is 0.897 bits per heavy atom. The summed E-state index contributed by atoms with van der Waals surface area (Å²) in [6, 6.07) is 20.9. The zero-order valence-corrected chi connectivity index (χ0v) is 16.4. The fourth-order valence-corrected chi connectivity index (χ4v) is 4.32. The fraction of sp³-hybridized carbons (Fsp3) is 0.0909. The topological polar surface area (TPSA) is 70.6 Å². The molecule has 0 atom stereocenters. The van der Waals surface area contributed by atoms with Crippen molar-refractivity contribution in [2.45, 2.75) is 5.54 Å². The molecular weight excluding hydrogens is 386 g/mol. The molecule has 0 N–H and O–H groups in total. The molecule has 0 spiro atoms. The first kappa shape index (κ1) is 18.9. The predicted molar refractivity (Wildman–Crippen MR) is 110 cm³/mol. The summed E-state index contributed by atoms with van der Waals surface area (Å²) >= 11 is 0.586. The molecule has 1 fully saturated rings. The summed E-state index contributed by atoms with van der Waals surface area (Å²) < 4.78 is 0.940. The number of carbonyl (C=O) groups is 3. The van der Waals surface area contributed by atoms with Crippen LogP contribution in [0.4, 0.5) is 4.79 Å². The standard InChI is InChI=1S/C22H17N3O3S/c1-24-21(28)25(29-19(26)16-9-8-14-23-15-16)20(27)22(24,17-10-4-2-5-11-17)18-12-6-3-7-13-18/h2-15H,1H3. The van der Waals surface area contributed by atoms with Gasteiger partial charge in [0.1, 0.15) is 0 Å². The van der Waals surface area contributed by atoms with Crippen LogP contribution in [-0.2, 0) is 10.3 Å². The van der Waals surface area contributed by atoms with E-state index >= 15 is 0 Å². The lowest BCUT2D eigenvalue weighted by molar-refractivity contribution is -0.128. The van der Waals surface area contributed by atoms with Crippen molar-refractivity contribution in [3.8, 4) is 0 Å². The molecule has 3 amide bonds. The summed E-state index contributed by atoms with van der Waals surface area (Å²) in [5.74, 6) is -0.482. The number of likely N-dealkylation sites (N-methyl/N-ethyl adjacent to an activating group) is 1. The molecule has 0 aliphatic carbocycles. The highest BCUT2D eigenvalue weighted by Gasteiger charge is 2.59. The van der Waals surface area contributed by atoms with Gasteiger partial charge in [0.05, 0.1) is 0 Å². The highest BCUT2D eigenvalue weighted by molar-refractivity contribution is 8.13. The van der Waals surface area contributed by atoms with E-state index in [4.69, 9.17) is 0 Å². The van der Waals surface area contributed by atoms with Crippen LogP contribution in [0.5, 0.6) is 0 Å². The summed E-state index contributed by atoms with van der Waals surface area (Å²) in [5.41, 5.74) is 0.285. The molecule has 144 valence electrons. The van der Waals surface area contributed by atoms with Crippen molar-refractivity contribution in [2.75, 3.05) is 7.05 Å². The number of benzene rings is 2. The second-order valence-electron chi connectivity index (χ2n) is 6.50. The van der Waals surface area contributed by atoms with Gasteiger partial charge in [-0.1, -0.05) is 60.7 Å². The number of imide groups is 1. The Morgan fingerprint density at radius 2 is 1.48 bits per heavy atom. The van der Waals surface area contributed by atoms with Gasteiger partial charge in [0, 0.05) is 37.0 Å². The molecule has 1 aromatic heterocycles. The molecule has 0 unspecified atom stereocenters. The molecular formula is C22H17N3O3S. The van der Waals surface area contributed by atoms with Crippen molar-refractivity contribution in [3.63, 3.8) is 0 Å². The van der Waals surface area contributed by atoms with E-state index in [9.17, 15) is 14.4 Å². The minimum absolute atomic E-state index is 0.317. The number of carbonyl (C=O) groups excluding carboxylic acids is 3. The van der Waals surface area contributed by atoms with Gasteiger partial charge in [-0.05, 0) is 23.3 Å².